The van der Waals surface area contributed by atoms with Gasteiger partial charge in [-0.1, -0.05) is 0 Å². The molecule has 0 aliphatic carbocycles. The fourth-order valence-corrected chi connectivity index (χ4v) is 3.56. The molecule has 0 aliphatic heterocycles. The first-order valence-electron chi connectivity index (χ1n) is 3.74. The molecule has 0 amide bonds. The lowest BCUT2D eigenvalue weighted by Crippen LogP contribution is -2.04. The third-order valence-electron chi connectivity index (χ3n) is 1.64. The lowest BCUT2D eigenvalue weighted by molar-refractivity contribution is 0.142. The van der Waals surface area contributed by atoms with Crippen molar-refractivity contribution in [3.05, 3.63) is 16.4 Å². The Kier molecular flexibility index (Phi) is 4.08. The van der Waals surface area contributed by atoms with Gasteiger partial charge in [-0.15, -0.1) is 0 Å². The van der Waals surface area contributed by atoms with E-state index in [4.69, 9.17) is 15.4 Å². The van der Waals surface area contributed by atoms with Gasteiger partial charge in [0.2, 0.25) is 0 Å². The quantitative estimate of drug-likeness (QED) is 0.796. The molecule has 1 heterocycles. The van der Waals surface area contributed by atoms with Crippen molar-refractivity contribution in [1.29, 1.82) is 0 Å². The molecule has 4 nitrogen and oxygen atoms in total. The van der Waals surface area contributed by atoms with E-state index in [1.54, 1.807) is 0 Å². The predicted molar refractivity (Wildman–Crippen MR) is 56.5 cm³/mol. The van der Waals surface area contributed by atoms with Gasteiger partial charge in [0.15, 0.2) is 5.75 Å². The van der Waals surface area contributed by atoms with Gasteiger partial charge in [0.1, 0.15) is 10.6 Å². The van der Waals surface area contributed by atoms with Crippen molar-refractivity contribution in [2.75, 3.05) is 7.11 Å². The second-order valence-corrected chi connectivity index (χ2v) is 5.89. The van der Waals surface area contributed by atoms with E-state index >= 15 is 0 Å². The Bertz CT molecular complexity index is 509. The molecule has 0 fully saturated rings. The van der Waals surface area contributed by atoms with Gasteiger partial charge in [-0.25, -0.2) is 22.2 Å². The van der Waals surface area contributed by atoms with Gasteiger partial charge in [0.25, 0.3) is 15.5 Å². The topological polar surface area (TPSA) is 56.3 Å². The summed E-state index contributed by atoms with van der Waals surface area (Å²) < 4.78 is 51.9. The van der Waals surface area contributed by atoms with E-state index in [0.29, 0.717) is 0 Å². The summed E-state index contributed by atoms with van der Waals surface area (Å²) in [4.78, 5) is 2.53. The fraction of sp³-hybridized carbons (Fsp3) is 0.286. The number of halogens is 4. The minimum absolute atomic E-state index is 0.00336. The maximum absolute atomic E-state index is 12.5. The molecule has 0 unspecified atom stereocenters. The highest BCUT2D eigenvalue weighted by Crippen LogP contribution is 2.38. The van der Waals surface area contributed by atoms with Crippen molar-refractivity contribution in [2.24, 2.45) is 0 Å². The van der Waals surface area contributed by atoms with Crippen LogP contribution in [0.2, 0.25) is 0 Å². The Morgan fingerprint density at radius 3 is 2.50 bits per heavy atom. The highest BCUT2D eigenvalue weighted by atomic mass is 79.9. The van der Waals surface area contributed by atoms with Crippen molar-refractivity contribution in [1.82, 2.24) is 4.98 Å². The molecule has 90 valence electrons. The van der Waals surface area contributed by atoms with Gasteiger partial charge < -0.3 is 4.74 Å². The van der Waals surface area contributed by atoms with Crippen LogP contribution in [0.15, 0.2) is 15.6 Å². The van der Waals surface area contributed by atoms with Crippen molar-refractivity contribution in [3.8, 4) is 5.75 Å². The van der Waals surface area contributed by atoms with Crippen LogP contribution in [-0.4, -0.2) is 20.5 Å². The summed E-state index contributed by atoms with van der Waals surface area (Å²) >= 11 is 2.83. The summed E-state index contributed by atoms with van der Waals surface area (Å²) in [6.07, 6.45) is -2.07. The molecule has 1 aromatic rings. The van der Waals surface area contributed by atoms with E-state index in [1.807, 2.05) is 0 Å². The summed E-state index contributed by atoms with van der Waals surface area (Å²) in [6.45, 7) is 0. The number of aromatic nitrogens is 1. The second kappa shape index (κ2) is 4.80. The van der Waals surface area contributed by atoms with Gasteiger partial charge >= 0.3 is 0 Å². The van der Waals surface area contributed by atoms with Crippen molar-refractivity contribution in [3.63, 3.8) is 0 Å². The average Bonchev–Trinajstić information content (AvgIpc) is 2.14. The molecule has 9 heteroatoms. The van der Waals surface area contributed by atoms with Crippen molar-refractivity contribution < 1.29 is 21.9 Å². The van der Waals surface area contributed by atoms with Crippen LogP contribution in [0.4, 0.5) is 8.78 Å². The summed E-state index contributed by atoms with van der Waals surface area (Å²) in [5, 5.41) is 0. The van der Waals surface area contributed by atoms with Gasteiger partial charge in [-0.3, -0.25) is 0 Å². The molecule has 0 radical (unpaired) electrons. The zero-order valence-corrected chi connectivity index (χ0v) is 10.9. The number of methoxy groups -OCH3 is 1. The number of rotatable bonds is 3. The van der Waals surface area contributed by atoms with Crippen LogP contribution in [0.1, 0.15) is 12.1 Å². The molecule has 1 aromatic heterocycles. The Morgan fingerprint density at radius 1 is 1.56 bits per heavy atom. The zero-order chi connectivity index (χ0) is 12.5. The van der Waals surface area contributed by atoms with Crippen LogP contribution in [0, 0.1) is 0 Å². The van der Waals surface area contributed by atoms with Crippen LogP contribution in [0.5, 0.6) is 5.75 Å². The Labute approximate surface area is 103 Å². The van der Waals surface area contributed by atoms with Crippen LogP contribution >= 0.6 is 26.6 Å². The average molecular weight is 337 g/mol. The van der Waals surface area contributed by atoms with Crippen LogP contribution in [-0.2, 0) is 9.05 Å². The highest BCUT2D eigenvalue weighted by molar-refractivity contribution is 9.10. The highest BCUT2D eigenvalue weighted by Gasteiger charge is 2.28. The minimum atomic E-state index is -4.34. The van der Waals surface area contributed by atoms with Gasteiger partial charge in [0.05, 0.1) is 17.8 Å². The maximum atomic E-state index is 12.5. The summed E-state index contributed by atoms with van der Waals surface area (Å²) in [7, 11) is 1.96. The maximum Gasteiger partial charge on any atom is 0.281 e. The molecular weight excluding hydrogens is 332 g/mol. The standard InChI is InChI=1S/C7H5BrClF2NO3S/c1-15-3-2-12-5(7(10)11)6(4(3)8)16(9,13)14/h2,7H,1H3. The monoisotopic (exact) mass is 335 g/mol. The molecule has 0 aliphatic rings. The number of hydrogen-bond donors (Lipinski definition) is 0. The first-order chi connectivity index (χ1) is 7.29. The SMILES string of the molecule is COc1cnc(C(F)F)c(S(=O)(=O)Cl)c1Br. The summed E-state index contributed by atoms with van der Waals surface area (Å²) in [6, 6.07) is 0. The molecule has 0 saturated carbocycles. The third kappa shape index (κ3) is 2.61. The first-order valence-corrected chi connectivity index (χ1v) is 6.84. The van der Waals surface area contributed by atoms with Gasteiger partial charge in [-0.05, 0) is 15.9 Å². The molecule has 1 rings (SSSR count). The second-order valence-electron chi connectivity index (χ2n) is 2.59. The molecule has 0 bridgehead atoms. The van der Waals surface area contributed by atoms with Crippen LogP contribution < -0.4 is 4.74 Å². The largest absolute Gasteiger partial charge is 0.494 e. The van der Waals surface area contributed by atoms with Crippen molar-refractivity contribution in [2.45, 2.75) is 11.3 Å². The molecule has 0 atom stereocenters. The first kappa shape index (κ1) is 13.6. The number of ether oxygens (including phenoxy) is 1. The summed E-state index contributed by atoms with van der Waals surface area (Å²) in [5.41, 5.74) is -0.914. The van der Waals surface area contributed by atoms with Gasteiger partial charge in [0, 0.05) is 10.7 Å². The fourth-order valence-electron chi connectivity index (χ4n) is 0.997. The van der Waals surface area contributed by atoms with Crippen LogP contribution in [0.25, 0.3) is 0 Å². The summed E-state index contributed by atoms with van der Waals surface area (Å²) in [5.74, 6) is 0.00336. The normalized spacial score (nSPS) is 11.9. The van der Waals surface area contributed by atoms with E-state index in [9.17, 15) is 17.2 Å². The zero-order valence-electron chi connectivity index (χ0n) is 7.75. The van der Waals surface area contributed by atoms with Crippen LogP contribution in [0.3, 0.4) is 0 Å². The number of nitrogens with zero attached hydrogens (tertiary/aromatic N) is 1. The molecule has 16 heavy (non-hydrogen) atoms. The Balaban J connectivity index is 3.63. The van der Waals surface area contributed by atoms with E-state index in [1.165, 1.54) is 7.11 Å². The molecule has 0 aromatic carbocycles. The number of pyridine rings is 1. The molecular formula is C7H5BrClF2NO3S. The minimum Gasteiger partial charge on any atom is -0.494 e. The molecule has 0 saturated heterocycles. The van der Waals surface area contributed by atoms with Crippen molar-refractivity contribution >= 4 is 35.7 Å². The molecule has 0 N–H and O–H groups in total. The van der Waals surface area contributed by atoms with E-state index in [2.05, 4.69) is 20.9 Å². The third-order valence-corrected chi connectivity index (χ3v) is 4.05. The lowest BCUT2D eigenvalue weighted by atomic mass is 10.3. The Hall–Kier alpha value is -0.470. The number of hydrogen-bond acceptors (Lipinski definition) is 4. The molecule has 0 spiro atoms. The number of alkyl halides is 2. The lowest BCUT2D eigenvalue weighted by Gasteiger charge is -2.10. The Morgan fingerprint density at radius 2 is 2.12 bits per heavy atom. The van der Waals surface area contributed by atoms with E-state index in [0.717, 1.165) is 6.20 Å². The smallest absolute Gasteiger partial charge is 0.281 e. The van der Waals surface area contributed by atoms with E-state index < -0.39 is 26.1 Å². The van der Waals surface area contributed by atoms with E-state index in [-0.39, 0.29) is 10.2 Å². The predicted octanol–water partition coefficient (Wildman–Crippen LogP) is 2.72. The van der Waals surface area contributed by atoms with Gasteiger partial charge in [-0.2, -0.15) is 0 Å².